The van der Waals surface area contributed by atoms with E-state index in [1.165, 1.54) is 29.7 Å². The van der Waals surface area contributed by atoms with E-state index >= 15 is 0 Å². The highest BCUT2D eigenvalue weighted by atomic mass is 32.1. The van der Waals surface area contributed by atoms with Crippen molar-refractivity contribution in [1.29, 1.82) is 0 Å². The molecule has 0 saturated heterocycles. The van der Waals surface area contributed by atoms with Crippen LogP contribution >= 0.6 is 12.6 Å². The number of hydrogen-bond acceptors (Lipinski definition) is 2. The first kappa shape index (κ1) is 14.4. The first-order chi connectivity index (χ1) is 8.06. The van der Waals surface area contributed by atoms with Gasteiger partial charge in [-0.2, -0.15) is 12.6 Å². The topological polar surface area (TPSA) is 3.24 Å². The van der Waals surface area contributed by atoms with Gasteiger partial charge in [0.15, 0.2) is 0 Å². The lowest BCUT2D eigenvalue weighted by Gasteiger charge is -2.25. The lowest BCUT2D eigenvalue weighted by molar-refractivity contribution is 0.533. The zero-order valence-corrected chi connectivity index (χ0v) is 12.4. The number of aryl methyl sites for hydroxylation is 2. The van der Waals surface area contributed by atoms with Crippen LogP contribution in [0.25, 0.3) is 0 Å². The Bertz CT molecular complexity index is 329. The Kier molecular flexibility index (Phi) is 5.90. The zero-order valence-electron chi connectivity index (χ0n) is 11.5. The van der Waals surface area contributed by atoms with Gasteiger partial charge in [-0.3, -0.25) is 0 Å². The molecule has 1 aromatic rings. The predicted molar refractivity (Wildman–Crippen MR) is 81.4 cm³/mol. The molecule has 1 rings (SSSR count). The highest BCUT2D eigenvalue weighted by Crippen LogP contribution is 2.20. The molecular formula is C15H25NS. The van der Waals surface area contributed by atoms with Crippen LogP contribution in [-0.2, 0) is 0 Å². The summed E-state index contributed by atoms with van der Waals surface area (Å²) in [5.74, 6) is 1.66. The van der Waals surface area contributed by atoms with Crippen molar-refractivity contribution >= 4 is 18.3 Å². The van der Waals surface area contributed by atoms with Gasteiger partial charge in [0.05, 0.1) is 0 Å². The molecule has 0 aromatic heterocycles. The second kappa shape index (κ2) is 6.95. The molecule has 2 heteroatoms. The van der Waals surface area contributed by atoms with E-state index in [9.17, 15) is 0 Å². The zero-order chi connectivity index (χ0) is 12.8. The Labute approximate surface area is 112 Å². The average Bonchev–Trinajstić information content (AvgIpc) is 2.27. The van der Waals surface area contributed by atoms with E-state index in [1.807, 2.05) is 0 Å². The number of benzene rings is 1. The summed E-state index contributed by atoms with van der Waals surface area (Å²) in [5.41, 5.74) is 4.00. The number of nitrogens with zero attached hydrogens (tertiary/aromatic N) is 1. The van der Waals surface area contributed by atoms with Gasteiger partial charge in [-0.1, -0.05) is 19.4 Å². The molecule has 1 atom stereocenters. The standard InChI is InChI=1S/C15H25NS/c1-5-6-14(11-17)10-16(4)15-8-12(2)7-13(3)9-15/h7-9,14,17H,5-6,10-11H2,1-4H3. The third-order valence-corrected chi connectivity index (χ3v) is 3.65. The summed E-state index contributed by atoms with van der Waals surface area (Å²) in [6, 6.07) is 6.74. The molecule has 1 nitrogen and oxygen atoms in total. The molecule has 1 aromatic carbocycles. The van der Waals surface area contributed by atoms with Gasteiger partial charge in [0.25, 0.3) is 0 Å². The van der Waals surface area contributed by atoms with E-state index in [4.69, 9.17) is 0 Å². The van der Waals surface area contributed by atoms with Crippen molar-refractivity contribution < 1.29 is 0 Å². The molecule has 1 unspecified atom stereocenters. The Morgan fingerprint density at radius 1 is 1.18 bits per heavy atom. The maximum Gasteiger partial charge on any atom is 0.0369 e. The molecule has 0 saturated carbocycles. The van der Waals surface area contributed by atoms with E-state index < -0.39 is 0 Å². The van der Waals surface area contributed by atoms with Gasteiger partial charge in [0, 0.05) is 19.3 Å². The number of thiol groups is 1. The first-order valence-corrected chi connectivity index (χ1v) is 7.10. The average molecular weight is 251 g/mol. The van der Waals surface area contributed by atoms with Crippen molar-refractivity contribution in [2.24, 2.45) is 5.92 Å². The van der Waals surface area contributed by atoms with E-state index in [1.54, 1.807) is 0 Å². The first-order valence-electron chi connectivity index (χ1n) is 6.47. The van der Waals surface area contributed by atoms with Gasteiger partial charge in [0.1, 0.15) is 0 Å². The summed E-state index contributed by atoms with van der Waals surface area (Å²) in [7, 11) is 2.18. The Morgan fingerprint density at radius 2 is 1.76 bits per heavy atom. The fourth-order valence-corrected chi connectivity index (χ4v) is 2.61. The molecular weight excluding hydrogens is 226 g/mol. The highest BCUT2D eigenvalue weighted by molar-refractivity contribution is 7.80. The summed E-state index contributed by atoms with van der Waals surface area (Å²) in [5, 5.41) is 0. The second-order valence-electron chi connectivity index (χ2n) is 5.06. The molecule has 0 aliphatic heterocycles. The molecule has 0 heterocycles. The quantitative estimate of drug-likeness (QED) is 0.745. The highest BCUT2D eigenvalue weighted by Gasteiger charge is 2.10. The van der Waals surface area contributed by atoms with Gasteiger partial charge in [-0.05, 0) is 55.2 Å². The van der Waals surface area contributed by atoms with Crippen LogP contribution in [0.3, 0.4) is 0 Å². The Balaban J connectivity index is 2.71. The monoisotopic (exact) mass is 251 g/mol. The molecule has 0 fully saturated rings. The SMILES string of the molecule is CCCC(CS)CN(C)c1cc(C)cc(C)c1. The van der Waals surface area contributed by atoms with Gasteiger partial charge in [0.2, 0.25) is 0 Å². The lowest BCUT2D eigenvalue weighted by atomic mass is 10.0. The third-order valence-electron chi connectivity index (χ3n) is 3.13. The molecule has 0 bridgehead atoms. The minimum absolute atomic E-state index is 0.689. The van der Waals surface area contributed by atoms with Crippen LogP contribution < -0.4 is 4.90 Å². The molecule has 0 N–H and O–H groups in total. The lowest BCUT2D eigenvalue weighted by Crippen LogP contribution is -2.26. The van der Waals surface area contributed by atoms with Crippen LogP contribution in [0.2, 0.25) is 0 Å². The van der Waals surface area contributed by atoms with E-state index in [0.717, 1.165) is 12.3 Å². The summed E-state index contributed by atoms with van der Waals surface area (Å²) in [4.78, 5) is 2.36. The number of anilines is 1. The van der Waals surface area contributed by atoms with Gasteiger partial charge >= 0.3 is 0 Å². The second-order valence-corrected chi connectivity index (χ2v) is 5.43. The van der Waals surface area contributed by atoms with Crippen LogP contribution in [0.1, 0.15) is 30.9 Å². The molecule has 0 radical (unpaired) electrons. The van der Waals surface area contributed by atoms with Crippen molar-refractivity contribution in [2.75, 3.05) is 24.2 Å². The van der Waals surface area contributed by atoms with E-state index in [-0.39, 0.29) is 0 Å². The molecule has 0 aliphatic rings. The van der Waals surface area contributed by atoms with Crippen LogP contribution in [0.5, 0.6) is 0 Å². The minimum Gasteiger partial charge on any atom is -0.374 e. The fourth-order valence-electron chi connectivity index (χ4n) is 2.31. The van der Waals surface area contributed by atoms with Crippen molar-refractivity contribution in [1.82, 2.24) is 0 Å². The van der Waals surface area contributed by atoms with Gasteiger partial charge in [-0.15, -0.1) is 0 Å². The normalized spacial score (nSPS) is 12.5. The van der Waals surface area contributed by atoms with Crippen molar-refractivity contribution in [2.45, 2.75) is 33.6 Å². The van der Waals surface area contributed by atoms with Crippen molar-refractivity contribution in [3.8, 4) is 0 Å². The third kappa shape index (κ3) is 4.63. The molecule has 0 spiro atoms. The van der Waals surface area contributed by atoms with Crippen molar-refractivity contribution in [3.05, 3.63) is 29.3 Å². The van der Waals surface area contributed by atoms with Crippen molar-refractivity contribution in [3.63, 3.8) is 0 Å². The van der Waals surface area contributed by atoms with Gasteiger partial charge < -0.3 is 4.90 Å². The predicted octanol–water partition coefficient (Wildman–Crippen LogP) is 4.09. The molecule has 96 valence electrons. The molecule has 0 amide bonds. The van der Waals surface area contributed by atoms with Crippen LogP contribution in [0, 0.1) is 19.8 Å². The summed E-state index contributed by atoms with van der Waals surface area (Å²) >= 11 is 4.45. The van der Waals surface area contributed by atoms with Crippen LogP contribution in [-0.4, -0.2) is 19.3 Å². The molecule has 0 aliphatic carbocycles. The Morgan fingerprint density at radius 3 is 2.24 bits per heavy atom. The number of rotatable bonds is 6. The smallest absolute Gasteiger partial charge is 0.0369 e. The minimum atomic E-state index is 0.689. The van der Waals surface area contributed by atoms with Crippen LogP contribution in [0.4, 0.5) is 5.69 Å². The summed E-state index contributed by atoms with van der Waals surface area (Å²) < 4.78 is 0. The maximum absolute atomic E-state index is 4.45. The fraction of sp³-hybridized carbons (Fsp3) is 0.600. The number of hydrogen-bond donors (Lipinski definition) is 1. The molecule has 17 heavy (non-hydrogen) atoms. The van der Waals surface area contributed by atoms with E-state index in [2.05, 4.69) is 63.5 Å². The van der Waals surface area contributed by atoms with E-state index in [0.29, 0.717) is 5.92 Å². The maximum atomic E-state index is 4.45. The summed E-state index contributed by atoms with van der Waals surface area (Å²) in [6.45, 7) is 7.66. The summed E-state index contributed by atoms with van der Waals surface area (Å²) in [6.07, 6.45) is 2.50. The largest absolute Gasteiger partial charge is 0.374 e. The van der Waals surface area contributed by atoms with Crippen LogP contribution in [0.15, 0.2) is 18.2 Å². The Hall–Kier alpha value is -0.630. The van der Waals surface area contributed by atoms with Gasteiger partial charge in [-0.25, -0.2) is 0 Å².